The number of pyridine rings is 2. The van der Waals surface area contributed by atoms with Crippen molar-refractivity contribution in [3.05, 3.63) is 41.6 Å². The molecular weight excluding hydrogens is 491 g/mol. The maximum absolute atomic E-state index is 14.7. The molecule has 3 aromatic rings. The summed E-state index contributed by atoms with van der Waals surface area (Å²) in [5.41, 5.74) is -2.46. The predicted molar refractivity (Wildman–Crippen MR) is 118 cm³/mol. The Balaban J connectivity index is 1.76. The summed E-state index contributed by atoms with van der Waals surface area (Å²) in [6.07, 6.45) is -0.776. The molecule has 4 heterocycles. The Morgan fingerprint density at radius 2 is 1.97 bits per heavy atom. The fourth-order valence-electron chi connectivity index (χ4n) is 3.89. The Hall–Kier alpha value is -3.26. The molecule has 0 aliphatic carbocycles. The number of halogens is 3. The van der Waals surface area contributed by atoms with Gasteiger partial charge in [-0.3, -0.25) is 4.79 Å². The second kappa shape index (κ2) is 8.45. The fraction of sp³-hybridized carbons (Fsp3) is 0.429. The molecule has 0 atom stereocenters. The van der Waals surface area contributed by atoms with E-state index in [2.05, 4.69) is 20.4 Å². The number of alkyl halides is 2. The van der Waals surface area contributed by atoms with E-state index >= 15 is 0 Å². The van der Waals surface area contributed by atoms with Crippen LogP contribution in [0.2, 0.25) is 0 Å². The molecule has 1 aliphatic rings. The van der Waals surface area contributed by atoms with Gasteiger partial charge in [-0.25, -0.2) is 36.2 Å². The zero-order chi connectivity index (χ0) is 25.8. The summed E-state index contributed by atoms with van der Waals surface area (Å²) < 4.78 is 68.6. The van der Waals surface area contributed by atoms with Crippen molar-refractivity contribution in [3.8, 4) is 11.6 Å². The molecule has 0 radical (unpaired) electrons. The number of amides is 1. The molecule has 1 amide bonds. The van der Waals surface area contributed by atoms with Gasteiger partial charge in [0.2, 0.25) is 5.88 Å². The average molecular weight is 513 g/mol. The standard InChI is InChI=1S/C21H22F3N5O5S/c1-20(2,31)17-12-4-11(19(30)27-21(3)9-35(32,33)10-21)6-26-18(12)29(28-17)14-5-16(25-7-13(14)22)34-8-15(23)24/h4-7,15,31H,8-10H2,1-3H3,(H,27,30). The summed E-state index contributed by atoms with van der Waals surface area (Å²) in [7, 11) is -3.19. The summed E-state index contributed by atoms with van der Waals surface area (Å²) in [5, 5.41) is 17.8. The van der Waals surface area contributed by atoms with Crippen LogP contribution in [0.5, 0.6) is 5.88 Å². The van der Waals surface area contributed by atoms with Crippen molar-refractivity contribution in [2.24, 2.45) is 0 Å². The number of hydrogen-bond acceptors (Lipinski definition) is 8. The van der Waals surface area contributed by atoms with Crippen molar-refractivity contribution in [3.63, 3.8) is 0 Å². The average Bonchev–Trinajstić information content (AvgIpc) is 3.10. The first-order valence-electron chi connectivity index (χ1n) is 10.4. The van der Waals surface area contributed by atoms with Gasteiger partial charge >= 0.3 is 0 Å². The Labute approximate surface area is 198 Å². The van der Waals surface area contributed by atoms with Gasteiger partial charge in [0.05, 0.1) is 28.8 Å². The van der Waals surface area contributed by atoms with Crippen LogP contribution in [0.1, 0.15) is 36.8 Å². The number of sulfone groups is 1. The van der Waals surface area contributed by atoms with Gasteiger partial charge in [0, 0.05) is 17.6 Å². The Bertz CT molecular complexity index is 1410. The maximum Gasteiger partial charge on any atom is 0.272 e. The van der Waals surface area contributed by atoms with Crippen LogP contribution < -0.4 is 10.1 Å². The normalized spacial score (nSPS) is 16.8. The van der Waals surface area contributed by atoms with Crippen LogP contribution in [0.3, 0.4) is 0 Å². The topological polar surface area (TPSA) is 136 Å². The van der Waals surface area contributed by atoms with Crippen LogP contribution in [0.15, 0.2) is 24.5 Å². The quantitative estimate of drug-likeness (QED) is 0.488. The minimum absolute atomic E-state index is 0.0679. The molecule has 10 nitrogen and oxygen atoms in total. The summed E-state index contributed by atoms with van der Waals surface area (Å²) in [5.74, 6) is -2.08. The molecule has 14 heteroatoms. The highest BCUT2D eigenvalue weighted by molar-refractivity contribution is 7.93. The molecule has 35 heavy (non-hydrogen) atoms. The highest BCUT2D eigenvalue weighted by atomic mass is 32.2. The molecule has 0 aromatic carbocycles. The first kappa shape index (κ1) is 24.9. The van der Waals surface area contributed by atoms with E-state index in [4.69, 9.17) is 4.74 Å². The predicted octanol–water partition coefficient (Wildman–Crippen LogP) is 1.74. The lowest BCUT2D eigenvalue weighted by Crippen LogP contribution is -2.63. The number of hydrogen-bond donors (Lipinski definition) is 2. The fourth-order valence-corrected chi connectivity index (χ4v) is 5.89. The zero-order valence-corrected chi connectivity index (χ0v) is 19.7. The highest BCUT2D eigenvalue weighted by Crippen LogP contribution is 2.31. The van der Waals surface area contributed by atoms with E-state index in [0.29, 0.717) is 0 Å². The SMILES string of the molecule is CC1(NC(=O)c2cnc3c(c2)c(C(C)(C)O)nn3-c2cc(OCC(F)F)ncc2F)CS(=O)(=O)C1. The van der Waals surface area contributed by atoms with Crippen LogP contribution in [0, 0.1) is 5.82 Å². The monoisotopic (exact) mass is 513 g/mol. The molecular formula is C21H22F3N5O5S. The number of ether oxygens (including phenoxy) is 1. The second-order valence-electron chi connectivity index (χ2n) is 9.14. The Kier molecular flexibility index (Phi) is 6.00. The number of nitrogens with one attached hydrogen (secondary N) is 1. The van der Waals surface area contributed by atoms with Crippen LogP contribution in [0.25, 0.3) is 16.7 Å². The number of aliphatic hydroxyl groups is 1. The lowest BCUT2D eigenvalue weighted by molar-refractivity contribution is 0.0747. The molecule has 3 aromatic heterocycles. The number of carbonyl (C=O) groups excluding carboxylic acids is 1. The molecule has 1 aliphatic heterocycles. The number of carbonyl (C=O) groups is 1. The van der Waals surface area contributed by atoms with Gasteiger partial charge in [-0.2, -0.15) is 5.10 Å². The van der Waals surface area contributed by atoms with E-state index in [9.17, 15) is 31.5 Å². The van der Waals surface area contributed by atoms with Gasteiger partial charge in [-0.15, -0.1) is 0 Å². The van der Waals surface area contributed by atoms with Gasteiger partial charge in [0.1, 0.15) is 17.0 Å². The molecule has 0 saturated carbocycles. The lowest BCUT2D eigenvalue weighted by atomic mass is 10.0. The molecule has 0 spiro atoms. The van der Waals surface area contributed by atoms with Crippen molar-refractivity contribution < 1.29 is 36.2 Å². The number of fused-ring (bicyclic) bond motifs is 1. The lowest BCUT2D eigenvalue weighted by Gasteiger charge is -2.38. The van der Waals surface area contributed by atoms with Crippen molar-refractivity contribution in [2.75, 3.05) is 18.1 Å². The molecule has 0 unspecified atom stereocenters. The largest absolute Gasteiger partial charge is 0.472 e. The van der Waals surface area contributed by atoms with Crippen molar-refractivity contribution in [1.29, 1.82) is 0 Å². The van der Waals surface area contributed by atoms with E-state index in [1.165, 1.54) is 26.1 Å². The molecule has 0 bridgehead atoms. The molecule has 1 fully saturated rings. The smallest absolute Gasteiger partial charge is 0.272 e. The number of nitrogens with zero attached hydrogens (tertiary/aromatic N) is 4. The van der Waals surface area contributed by atoms with Crippen LogP contribution >= 0.6 is 0 Å². The summed E-state index contributed by atoms with van der Waals surface area (Å²) in [4.78, 5) is 20.6. The van der Waals surface area contributed by atoms with E-state index in [0.717, 1.165) is 16.9 Å². The summed E-state index contributed by atoms with van der Waals surface area (Å²) in [6, 6.07) is 2.47. The van der Waals surface area contributed by atoms with Gasteiger partial charge in [0.15, 0.2) is 27.9 Å². The third kappa shape index (κ3) is 5.07. The van der Waals surface area contributed by atoms with Crippen LogP contribution in [-0.2, 0) is 15.4 Å². The van der Waals surface area contributed by atoms with Crippen LogP contribution in [-0.4, -0.2) is 69.3 Å². The van der Waals surface area contributed by atoms with Gasteiger partial charge in [-0.1, -0.05) is 0 Å². The van der Waals surface area contributed by atoms with Crippen molar-refractivity contribution in [1.82, 2.24) is 25.1 Å². The third-order valence-electron chi connectivity index (χ3n) is 5.25. The minimum Gasteiger partial charge on any atom is -0.472 e. The summed E-state index contributed by atoms with van der Waals surface area (Å²) >= 11 is 0. The number of rotatable bonds is 7. The van der Waals surface area contributed by atoms with Crippen molar-refractivity contribution in [2.45, 2.75) is 38.3 Å². The third-order valence-corrected chi connectivity index (χ3v) is 7.41. The number of aromatic nitrogens is 4. The first-order chi connectivity index (χ1) is 16.2. The maximum atomic E-state index is 14.7. The van der Waals surface area contributed by atoms with Gasteiger partial charge in [0.25, 0.3) is 12.3 Å². The minimum atomic E-state index is -3.19. The molecule has 2 N–H and O–H groups in total. The molecule has 1 saturated heterocycles. The Morgan fingerprint density at radius 3 is 2.57 bits per heavy atom. The molecule has 4 rings (SSSR count). The Morgan fingerprint density at radius 1 is 1.29 bits per heavy atom. The highest BCUT2D eigenvalue weighted by Gasteiger charge is 2.45. The van der Waals surface area contributed by atoms with Crippen LogP contribution in [0.4, 0.5) is 13.2 Å². The van der Waals surface area contributed by atoms with Gasteiger partial charge < -0.3 is 15.2 Å². The first-order valence-corrected chi connectivity index (χ1v) is 12.2. The molecule has 188 valence electrons. The summed E-state index contributed by atoms with van der Waals surface area (Å²) in [6.45, 7) is 3.54. The van der Waals surface area contributed by atoms with E-state index in [1.54, 1.807) is 6.92 Å². The second-order valence-corrected chi connectivity index (χ2v) is 11.2. The van der Waals surface area contributed by atoms with E-state index < -0.39 is 45.7 Å². The zero-order valence-electron chi connectivity index (χ0n) is 18.9. The van der Waals surface area contributed by atoms with Gasteiger partial charge in [-0.05, 0) is 26.8 Å². The van der Waals surface area contributed by atoms with E-state index in [-0.39, 0.29) is 45.4 Å². The van der Waals surface area contributed by atoms with Crippen molar-refractivity contribution >= 4 is 26.8 Å². The van der Waals surface area contributed by atoms with E-state index in [1.807, 2.05) is 0 Å².